The van der Waals surface area contributed by atoms with E-state index in [9.17, 15) is 0 Å². The van der Waals surface area contributed by atoms with E-state index in [1.54, 1.807) is 0 Å². The number of rotatable bonds is 6. The molecular formula is C54H42. The molecule has 1 saturated carbocycles. The van der Waals surface area contributed by atoms with Crippen LogP contribution in [0.3, 0.4) is 0 Å². The van der Waals surface area contributed by atoms with Gasteiger partial charge < -0.3 is 0 Å². The van der Waals surface area contributed by atoms with Crippen molar-refractivity contribution in [3.8, 4) is 33.4 Å². The van der Waals surface area contributed by atoms with Crippen molar-refractivity contribution in [2.24, 2.45) is 0 Å². The molecule has 54 heavy (non-hydrogen) atoms. The molecule has 0 aliphatic heterocycles. The topological polar surface area (TPSA) is 0 Å². The van der Waals surface area contributed by atoms with Gasteiger partial charge in [-0.1, -0.05) is 189 Å². The summed E-state index contributed by atoms with van der Waals surface area (Å²) in [5.41, 5.74) is 16.0. The van der Waals surface area contributed by atoms with Crippen molar-refractivity contribution in [2.45, 2.75) is 37.5 Å². The zero-order valence-electron chi connectivity index (χ0n) is 30.5. The van der Waals surface area contributed by atoms with Crippen LogP contribution in [0.15, 0.2) is 170 Å². The molecule has 0 heterocycles. The van der Waals surface area contributed by atoms with Crippen molar-refractivity contribution >= 4 is 45.8 Å². The molecule has 1 spiro atoms. The lowest BCUT2D eigenvalue weighted by Gasteiger charge is -2.36. The third kappa shape index (κ3) is 5.99. The molecule has 2 aliphatic carbocycles. The van der Waals surface area contributed by atoms with Crippen LogP contribution in [0.25, 0.3) is 79.2 Å². The molecule has 8 aromatic carbocycles. The molecule has 8 aromatic rings. The summed E-state index contributed by atoms with van der Waals surface area (Å²) in [4.78, 5) is 0. The molecule has 0 atom stereocenters. The summed E-state index contributed by atoms with van der Waals surface area (Å²) in [6, 6.07) is 63.1. The van der Waals surface area contributed by atoms with Crippen molar-refractivity contribution in [1.29, 1.82) is 0 Å². The molecule has 0 radical (unpaired) electrons. The molecule has 0 N–H and O–H groups in total. The van der Waals surface area contributed by atoms with Gasteiger partial charge in [0.2, 0.25) is 0 Å². The van der Waals surface area contributed by atoms with E-state index in [0.29, 0.717) is 0 Å². The molecule has 0 heteroatoms. The van der Waals surface area contributed by atoms with Crippen molar-refractivity contribution in [1.82, 2.24) is 0 Å². The average molecular weight is 691 g/mol. The Hall–Kier alpha value is -6.24. The summed E-state index contributed by atoms with van der Waals surface area (Å²) in [6.45, 7) is 0. The Balaban J connectivity index is 0.909. The molecule has 0 unspecified atom stereocenters. The molecule has 2 aliphatic rings. The van der Waals surface area contributed by atoms with Crippen molar-refractivity contribution < 1.29 is 0 Å². The van der Waals surface area contributed by atoms with Crippen LogP contribution in [0.2, 0.25) is 0 Å². The van der Waals surface area contributed by atoms with Gasteiger partial charge in [0.25, 0.3) is 0 Å². The monoisotopic (exact) mass is 690 g/mol. The van der Waals surface area contributed by atoms with E-state index in [-0.39, 0.29) is 5.41 Å². The molecular weight excluding hydrogens is 649 g/mol. The van der Waals surface area contributed by atoms with Gasteiger partial charge >= 0.3 is 0 Å². The van der Waals surface area contributed by atoms with Gasteiger partial charge in [-0.15, -0.1) is 0 Å². The fourth-order valence-electron chi connectivity index (χ4n) is 9.13. The highest BCUT2D eigenvalue weighted by atomic mass is 14.5. The van der Waals surface area contributed by atoms with Crippen LogP contribution in [0.1, 0.15) is 65.5 Å². The maximum Gasteiger partial charge on any atom is 0.0215 e. The first kappa shape index (κ1) is 32.4. The summed E-state index contributed by atoms with van der Waals surface area (Å²) in [6.07, 6.45) is 15.2. The van der Waals surface area contributed by atoms with E-state index in [4.69, 9.17) is 0 Å². The van der Waals surface area contributed by atoms with E-state index < -0.39 is 0 Å². The van der Waals surface area contributed by atoms with E-state index in [2.05, 4.69) is 194 Å². The van der Waals surface area contributed by atoms with E-state index in [1.165, 1.54) is 120 Å². The number of fused-ring (bicyclic) bond motifs is 7. The van der Waals surface area contributed by atoms with Gasteiger partial charge in [0.05, 0.1) is 0 Å². The van der Waals surface area contributed by atoms with Crippen LogP contribution in [-0.4, -0.2) is 0 Å². The third-order valence-electron chi connectivity index (χ3n) is 12.0. The fraction of sp³-hybridized carbons (Fsp3) is 0.111. The molecule has 0 nitrogen and oxygen atoms in total. The second kappa shape index (κ2) is 13.6. The molecule has 1 fully saturated rings. The fourth-order valence-corrected chi connectivity index (χ4v) is 9.13. The smallest absolute Gasteiger partial charge is 0.0215 e. The first-order valence-corrected chi connectivity index (χ1v) is 19.5. The van der Waals surface area contributed by atoms with Crippen molar-refractivity contribution in [3.05, 3.63) is 203 Å². The second-order valence-corrected chi connectivity index (χ2v) is 15.3. The highest BCUT2D eigenvalue weighted by Gasteiger charge is 2.44. The van der Waals surface area contributed by atoms with Crippen LogP contribution in [-0.2, 0) is 5.41 Å². The Kier molecular flexibility index (Phi) is 8.18. The van der Waals surface area contributed by atoms with Gasteiger partial charge in [-0.3, -0.25) is 0 Å². The van der Waals surface area contributed by atoms with Crippen LogP contribution in [0.5, 0.6) is 0 Å². The van der Waals surface area contributed by atoms with Gasteiger partial charge in [0, 0.05) is 5.41 Å². The first-order chi connectivity index (χ1) is 26.7. The normalized spacial score (nSPS) is 14.7. The van der Waals surface area contributed by atoms with Crippen LogP contribution in [0, 0.1) is 0 Å². The van der Waals surface area contributed by atoms with Crippen molar-refractivity contribution in [2.75, 3.05) is 0 Å². The highest BCUT2D eigenvalue weighted by Crippen LogP contribution is 2.57. The third-order valence-corrected chi connectivity index (χ3v) is 12.0. The largest absolute Gasteiger partial charge is 0.0616 e. The summed E-state index contributed by atoms with van der Waals surface area (Å²) in [5, 5.41) is 5.10. The predicted octanol–water partition coefficient (Wildman–Crippen LogP) is 14.9. The zero-order chi connectivity index (χ0) is 35.9. The SMILES string of the molecule is C(=C\c1ccc2ccccc2c1)/c1ccc(-c2ccc3c(c2)C2(CCCCC2)c2cc(-c4ccc(/C=C/c5ccc6ccccc6c5)cc4)ccc2-3)cc1. The summed E-state index contributed by atoms with van der Waals surface area (Å²) in [7, 11) is 0. The Morgan fingerprint density at radius 2 is 0.704 bits per heavy atom. The lowest BCUT2D eigenvalue weighted by molar-refractivity contribution is 0.353. The van der Waals surface area contributed by atoms with Gasteiger partial charge in [0.1, 0.15) is 0 Å². The Bertz CT molecular complexity index is 2530. The van der Waals surface area contributed by atoms with Crippen molar-refractivity contribution in [3.63, 3.8) is 0 Å². The number of hydrogen-bond donors (Lipinski definition) is 0. The summed E-state index contributed by atoms with van der Waals surface area (Å²) >= 11 is 0. The summed E-state index contributed by atoms with van der Waals surface area (Å²) in [5.74, 6) is 0. The van der Waals surface area contributed by atoms with Crippen LogP contribution >= 0.6 is 0 Å². The van der Waals surface area contributed by atoms with E-state index in [0.717, 1.165) is 0 Å². The lowest BCUT2D eigenvalue weighted by Crippen LogP contribution is -2.28. The van der Waals surface area contributed by atoms with E-state index >= 15 is 0 Å². The lowest BCUT2D eigenvalue weighted by atomic mass is 9.67. The molecule has 0 amide bonds. The van der Waals surface area contributed by atoms with E-state index in [1.807, 2.05) is 0 Å². The average Bonchev–Trinajstić information content (AvgIpc) is 3.49. The molecule has 0 saturated heterocycles. The predicted molar refractivity (Wildman–Crippen MR) is 232 cm³/mol. The minimum atomic E-state index is 0.0833. The van der Waals surface area contributed by atoms with Gasteiger partial charge in [-0.2, -0.15) is 0 Å². The first-order valence-electron chi connectivity index (χ1n) is 19.5. The second-order valence-electron chi connectivity index (χ2n) is 15.3. The molecule has 10 rings (SSSR count). The Morgan fingerprint density at radius 3 is 1.17 bits per heavy atom. The Morgan fingerprint density at radius 1 is 0.315 bits per heavy atom. The maximum atomic E-state index is 2.52. The number of hydrogen-bond acceptors (Lipinski definition) is 0. The molecule has 0 bridgehead atoms. The standard InChI is InChI=1S/C54H42/c1-6-32-54(33-7-1)52-36-48(44-22-16-38(17-23-44)12-14-40-20-26-42-8-2-4-10-46(42)34-40)28-30-50(52)51-31-29-49(37-53(51)54)45-24-18-39(19-25-45)13-15-41-21-27-43-9-3-5-11-47(43)35-41/h2-5,8-31,34-37H,1,6-7,32-33H2/b14-12+,15-13+. The highest BCUT2D eigenvalue weighted by molar-refractivity contribution is 5.89. The van der Waals surface area contributed by atoms with Crippen LogP contribution < -0.4 is 0 Å². The summed E-state index contributed by atoms with van der Waals surface area (Å²) < 4.78 is 0. The quantitative estimate of drug-likeness (QED) is 0.152. The minimum absolute atomic E-state index is 0.0833. The van der Waals surface area contributed by atoms with Gasteiger partial charge in [-0.05, 0) is 125 Å². The van der Waals surface area contributed by atoms with Gasteiger partial charge in [0.15, 0.2) is 0 Å². The number of benzene rings is 8. The molecule has 258 valence electrons. The van der Waals surface area contributed by atoms with Gasteiger partial charge in [-0.25, -0.2) is 0 Å². The zero-order valence-corrected chi connectivity index (χ0v) is 30.5. The molecule has 0 aromatic heterocycles. The minimum Gasteiger partial charge on any atom is -0.0616 e. The van der Waals surface area contributed by atoms with Crippen LogP contribution in [0.4, 0.5) is 0 Å². The Labute approximate surface area is 318 Å². The maximum absolute atomic E-state index is 2.52.